The van der Waals surface area contributed by atoms with E-state index >= 15 is 0 Å². The van der Waals surface area contributed by atoms with Gasteiger partial charge in [-0.2, -0.15) is 0 Å². The lowest BCUT2D eigenvalue weighted by Gasteiger charge is -2.43. The van der Waals surface area contributed by atoms with Crippen molar-refractivity contribution in [2.45, 2.75) is 46.1 Å². The number of carboxylic acids is 1. The van der Waals surface area contributed by atoms with Gasteiger partial charge < -0.3 is 16.2 Å². The molecule has 2 aliphatic carbocycles. The van der Waals surface area contributed by atoms with Gasteiger partial charge in [0.05, 0.1) is 5.56 Å². The van der Waals surface area contributed by atoms with Gasteiger partial charge in [-0.05, 0) is 54.2 Å². The molecule has 4 nitrogen and oxygen atoms in total. The van der Waals surface area contributed by atoms with Crippen LogP contribution in [-0.2, 0) is 0 Å². The number of benzene rings is 1. The molecule has 0 aliphatic heterocycles. The Hall–Kier alpha value is -1.71. The topological polar surface area (TPSA) is 75.3 Å². The fraction of sp³-hybridized carbons (Fsp3) is 0.588. The minimum Gasteiger partial charge on any atom is -0.478 e. The first kappa shape index (κ1) is 14.2. The van der Waals surface area contributed by atoms with Crippen LogP contribution in [0.4, 0.5) is 11.4 Å². The summed E-state index contributed by atoms with van der Waals surface area (Å²) < 4.78 is 0. The Labute approximate surface area is 125 Å². The van der Waals surface area contributed by atoms with Crippen LogP contribution in [0.1, 0.15) is 50.4 Å². The first-order valence-corrected chi connectivity index (χ1v) is 7.63. The summed E-state index contributed by atoms with van der Waals surface area (Å²) in [6.07, 6.45) is 3.82. The Balaban J connectivity index is 1.90. The third kappa shape index (κ3) is 2.08. The number of rotatable bonds is 3. The molecule has 1 aromatic rings. The highest BCUT2D eigenvalue weighted by Gasteiger charge is 2.59. The van der Waals surface area contributed by atoms with Crippen LogP contribution < -0.4 is 11.1 Å². The Kier molecular flexibility index (Phi) is 2.98. The zero-order chi connectivity index (χ0) is 15.4. The van der Waals surface area contributed by atoms with Gasteiger partial charge in [-0.3, -0.25) is 0 Å². The Morgan fingerprint density at radius 1 is 1.38 bits per heavy atom. The predicted molar refractivity (Wildman–Crippen MR) is 84.5 cm³/mol. The molecule has 0 amide bonds. The average Bonchev–Trinajstić information content (AvgIpc) is 2.87. The van der Waals surface area contributed by atoms with Crippen molar-refractivity contribution < 1.29 is 9.90 Å². The molecule has 3 atom stereocenters. The molecule has 1 aromatic carbocycles. The maximum atomic E-state index is 11.2. The highest BCUT2D eigenvalue weighted by atomic mass is 16.4. The molecule has 2 bridgehead atoms. The van der Waals surface area contributed by atoms with Gasteiger partial charge in [-0.1, -0.05) is 20.8 Å². The number of fused-ring (bicyclic) bond motifs is 2. The minimum atomic E-state index is -0.977. The highest BCUT2D eigenvalue weighted by molar-refractivity contribution is 5.94. The Bertz CT molecular complexity index is 592. The number of nitrogens with one attached hydrogen (secondary N) is 1. The quantitative estimate of drug-likeness (QED) is 0.743. The lowest BCUT2D eigenvalue weighted by atomic mass is 9.68. The minimum absolute atomic E-state index is 0.172. The van der Waals surface area contributed by atoms with E-state index < -0.39 is 5.97 Å². The van der Waals surface area contributed by atoms with Crippen LogP contribution in [0.2, 0.25) is 0 Å². The Morgan fingerprint density at radius 2 is 2.10 bits per heavy atom. The van der Waals surface area contributed by atoms with Crippen LogP contribution in [0.5, 0.6) is 0 Å². The maximum absolute atomic E-state index is 11.2. The predicted octanol–water partition coefficient (Wildman–Crippen LogP) is 3.59. The smallest absolute Gasteiger partial charge is 0.337 e. The summed E-state index contributed by atoms with van der Waals surface area (Å²) in [5.41, 5.74) is 7.61. The van der Waals surface area contributed by atoms with Crippen LogP contribution in [-0.4, -0.2) is 17.1 Å². The lowest BCUT2D eigenvalue weighted by molar-refractivity contribution is 0.0698. The monoisotopic (exact) mass is 288 g/mol. The largest absolute Gasteiger partial charge is 0.478 e. The van der Waals surface area contributed by atoms with E-state index in [1.54, 1.807) is 12.1 Å². The molecular weight excluding hydrogens is 264 g/mol. The van der Waals surface area contributed by atoms with E-state index in [4.69, 9.17) is 5.73 Å². The molecule has 0 aromatic heterocycles. The van der Waals surface area contributed by atoms with Crippen LogP contribution in [0.15, 0.2) is 18.2 Å². The van der Waals surface area contributed by atoms with E-state index in [0.29, 0.717) is 17.1 Å². The van der Waals surface area contributed by atoms with Crippen molar-refractivity contribution in [2.75, 3.05) is 11.1 Å². The van der Waals surface area contributed by atoms with Crippen LogP contribution in [0.3, 0.4) is 0 Å². The van der Waals surface area contributed by atoms with Crippen molar-refractivity contribution in [3.05, 3.63) is 23.8 Å². The fourth-order valence-electron chi connectivity index (χ4n) is 4.66. The lowest BCUT2D eigenvalue weighted by Crippen LogP contribution is -2.45. The fourth-order valence-corrected chi connectivity index (χ4v) is 4.66. The first-order chi connectivity index (χ1) is 9.74. The van der Waals surface area contributed by atoms with Crippen molar-refractivity contribution in [3.63, 3.8) is 0 Å². The van der Waals surface area contributed by atoms with Crippen LogP contribution in [0.25, 0.3) is 0 Å². The number of nitrogens with two attached hydrogens (primary N) is 1. The summed E-state index contributed by atoms with van der Waals surface area (Å²) in [4.78, 5) is 11.2. The van der Waals surface area contributed by atoms with E-state index in [1.165, 1.54) is 19.3 Å². The summed E-state index contributed by atoms with van der Waals surface area (Å²) in [7, 11) is 0. The molecule has 2 fully saturated rings. The molecule has 3 rings (SSSR count). The summed E-state index contributed by atoms with van der Waals surface area (Å²) in [6, 6.07) is 5.58. The third-order valence-corrected chi connectivity index (χ3v) is 5.86. The SMILES string of the molecule is CC12CCC(C1)C(C)(C)C2Nc1ccc(N)c(C(=O)O)c1. The number of carboxylic acid groups (broad SMARTS) is 1. The molecule has 3 unspecified atom stereocenters. The Morgan fingerprint density at radius 3 is 2.67 bits per heavy atom. The average molecular weight is 288 g/mol. The van der Waals surface area contributed by atoms with Crippen molar-refractivity contribution in [3.8, 4) is 0 Å². The van der Waals surface area contributed by atoms with Gasteiger partial charge in [-0.15, -0.1) is 0 Å². The van der Waals surface area contributed by atoms with E-state index in [0.717, 1.165) is 11.6 Å². The number of nitrogen functional groups attached to an aromatic ring is 1. The normalized spacial score (nSPS) is 33.1. The molecule has 114 valence electrons. The number of hydrogen-bond donors (Lipinski definition) is 3. The zero-order valence-corrected chi connectivity index (χ0v) is 12.9. The van der Waals surface area contributed by atoms with Crippen molar-refractivity contribution in [1.82, 2.24) is 0 Å². The van der Waals surface area contributed by atoms with E-state index in [1.807, 2.05) is 6.07 Å². The maximum Gasteiger partial charge on any atom is 0.337 e. The molecule has 2 saturated carbocycles. The summed E-state index contributed by atoms with van der Waals surface area (Å²) in [6.45, 7) is 7.01. The number of hydrogen-bond acceptors (Lipinski definition) is 3. The van der Waals surface area contributed by atoms with Gasteiger partial charge in [0.1, 0.15) is 0 Å². The summed E-state index contributed by atoms with van der Waals surface area (Å²) in [5, 5.41) is 12.8. The molecular formula is C17H24N2O2. The number of aromatic carboxylic acids is 1. The molecule has 21 heavy (non-hydrogen) atoms. The summed E-state index contributed by atoms with van der Waals surface area (Å²) >= 11 is 0. The summed E-state index contributed by atoms with van der Waals surface area (Å²) in [5.74, 6) is -0.220. The van der Waals surface area contributed by atoms with Gasteiger partial charge in [0, 0.05) is 17.4 Å². The molecule has 0 saturated heterocycles. The second kappa shape index (κ2) is 4.39. The number of carbonyl (C=O) groups is 1. The van der Waals surface area contributed by atoms with Gasteiger partial charge in [0.15, 0.2) is 0 Å². The zero-order valence-electron chi connectivity index (χ0n) is 12.9. The number of anilines is 2. The molecule has 4 N–H and O–H groups in total. The van der Waals surface area contributed by atoms with Gasteiger partial charge in [0.25, 0.3) is 0 Å². The van der Waals surface area contributed by atoms with Crippen molar-refractivity contribution in [1.29, 1.82) is 0 Å². The molecule has 4 heteroatoms. The van der Waals surface area contributed by atoms with E-state index in [2.05, 4.69) is 26.1 Å². The van der Waals surface area contributed by atoms with E-state index in [9.17, 15) is 9.90 Å². The molecule has 2 aliphatic rings. The second-order valence-corrected chi connectivity index (χ2v) is 7.60. The van der Waals surface area contributed by atoms with E-state index in [-0.39, 0.29) is 11.0 Å². The standard InChI is InChI=1S/C17H24N2O2/c1-16(2)10-6-7-17(3,9-10)15(16)19-11-4-5-13(18)12(8-11)14(20)21/h4-5,8,10,15,19H,6-7,9,18H2,1-3H3,(H,20,21). The van der Waals surface area contributed by atoms with Crippen LogP contribution >= 0.6 is 0 Å². The van der Waals surface area contributed by atoms with Gasteiger partial charge in [0.2, 0.25) is 0 Å². The van der Waals surface area contributed by atoms with Crippen molar-refractivity contribution in [2.24, 2.45) is 16.7 Å². The molecule has 0 radical (unpaired) electrons. The molecule has 0 spiro atoms. The highest BCUT2D eigenvalue weighted by Crippen LogP contribution is 2.63. The third-order valence-electron chi connectivity index (χ3n) is 5.86. The van der Waals surface area contributed by atoms with Crippen molar-refractivity contribution >= 4 is 17.3 Å². The second-order valence-electron chi connectivity index (χ2n) is 7.60. The van der Waals surface area contributed by atoms with Crippen LogP contribution in [0, 0.1) is 16.7 Å². The van der Waals surface area contributed by atoms with Gasteiger partial charge >= 0.3 is 5.97 Å². The first-order valence-electron chi connectivity index (χ1n) is 7.63. The molecule has 0 heterocycles. The van der Waals surface area contributed by atoms with Gasteiger partial charge in [-0.25, -0.2) is 4.79 Å².